The van der Waals surface area contributed by atoms with Crippen LogP contribution in [0.5, 0.6) is 0 Å². The first kappa shape index (κ1) is 26.7. The predicted octanol–water partition coefficient (Wildman–Crippen LogP) is 9.71. The summed E-state index contributed by atoms with van der Waals surface area (Å²) in [7, 11) is -3.48. The van der Waals surface area contributed by atoms with E-state index in [1.54, 1.807) is 10.4 Å². The Hall–Kier alpha value is -2.87. The van der Waals surface area contributed by atoms with Gasteiger partial charge in [-0.15, -0.1) is 6.42 Å². The molecule has 0 spiro atoms. The number of benzene rings is 5. The highest BCUT2D eigenvalue weighted by molar-refractivity contribution is 7.02. The lowest BCUT2D eigenvalue weighted by Crippen LogP contribution is -2.63. The van der Waals surface area contributed by atoms with Crippen molar-refractivity contribution in [3.63, 3.8) is 0 Å². The van der Waals surface area contributed by atoms with Gasteiger partial charge in [-0.3, -0.25) is 0 Å². The third-order valence-corrected chi connectivity index (χ3v) is 21.7. The van der Waals surface area contributed by atoms with E-state index < -0.39 is 16.1 Å². The lowest BCUT2D eigenvalue weighted by atomic mass is 9.97. The van der Waals surface area contributed by atoms with Crippen molar-refractivity contribution in [2.75, 3.05) is 0 Å². The van der Waals surface area contributed by atoms with Gasteiger partial charge in [-0.05, 0) is 90.7 Å². The third-order valence-electron chi connectivity index (χ3n) is 10.2. The molecule has 0 saturated heterocycles. The molecule has 0 heterocycles. The van der Waals surface area contributed by atoms with Crippen LogP contribution in [-0.2, 0) is 0 Å². The summed E-state index contributed by atoms with van der Waals surface area (Å²) in [5, 5.41) is 14.1. The molecular weight excluding hydrogens is 489 g/mol. The van der Waals surface area contributed by atoms with E-state index >= 15 is 0 Å². The van der Waals surface area contributed by atoms with Crippen molar-refractivity contribution in [2.24, 2.45) is 0 Å². The Morgan fingerprint density at radius 3 is 1.34 bits per heavy atom. The molecule has 0 bridgehead atoms. The van der Waals surface area contributed by atoms with Crippen LogP contribution < -0.4 is 10.4 Å². The molecule has 0 fully saturated rings. The van der Waals surface area contributed by atoms with Crippen LogP contribution in [0.25, 0.3) is 43.1 Å². The largest absolute Gasteiger partial charge is 0.115 e. The zero-order chi connectivity index (χ0) is 27.1. The van der Waals surface area contributed by atoms with Crippen molar-refractivity contribution in [3.05, 3.63) is 72.3 Å². The smallest absolute Gasteiger partial charge is 0.0874 e. The standard InChI is InChI=1S/C36H42Si2/c1-8-26-19-33-24-31-22-29-20-27-17-15-16-18-28(27)21-30(29)23-32(31)25-34(33)36(38(12-5,13-6)14-7)35(26)37(9-2,10-3)11-4/h1,15-25H,9-14H2,2-7H3. The number of fused-ring (bicyclic) bond motifs is 4. The Morgan fingerprint density at radius 2 is 0.895 bits per heavy atom. The molecule has 194 valence electrons. The molecule has 0 aliphatic rings. The number of hydrogen-bond acceptors (Lipinski definition) is 0. The minimum atomic E-state index is -1.75. The molecule has 0 N–H and O–H groups in total. The molecule has 0 nitrogen and oxygen atoms in total. The van der Waals surface area contributed by atoms with E-state index in [1.165, 1.54) is 84.9 Å². The van der Waals surface area contributed by atoms with Crippen LogP contribution in [0.1, 0.15) is 47.1 Å². The van der Waals surface area contributed by atoms with Crippen LogP contribution in [0.2, 0.25) is 36.3 Å². The van der Waals surface area contributed by atoms with Crippen molar-refractivity contribution in [3.8, 4) is 12.3 Å². The van der Waals surface area contributed by atoms with E-state index in [-0.39, 0.29) is 0 Å². The molecule has 0 radical (unpaired) electrons. The van der Waals surface area contributed by atoms with Gasteiger partial charge in [0.2, 0.25) is 0 Å². The molecule has 0 aliphatic heterocycles. The van der Waals surface area contributed by atoms with E-state index in [0.717, 1.165) is 0 Å². The van der Waals surface area contributed by atoms with Crippen molar-refractivity contribution in [2.45, 2.75) is 77.8 Å². The van der Waals surface area contributed by atoms with Gasteiger partial charge < -0.3 is 0 Å². The Bertz CT molecular complexity index is 1680. The fourth-order valence-corrected chi connectivity index (χ4v) is 16.9. The van der Waals surface area contributed by atoms with E-state index in [0.29, 0.717) is 0 Å². The maximum Gasteiger partial charge on any atom is 0.0874 e. The highest BCUT2D eigenvalue weighted by atomic mass is 28.3. The minimum absolute atomic E-state index is 1.20. The van der Waals surface area contributed by atoms with Gasteiger partial charge >= 0.3 is 0 Å². The Balaban J connectivity index is 1.96. The normalized spacial score (nSPS) is 12.6. The Labute approximate surface area is 231 Å². The van der Waals surface area contributed by atoms with Gasteiger partial charge in [0.25, 0.3) is 0 Å². The first-order valence-corrected chi connectivity index (χ1v) is 20.0. The molecule has 0 unspecified atom stereocenters. The molecule has 5 aromatic rings. The molecule has 0 aliphatic carbocycles. The summed E-state index contributed by atoms with van der Waals surface area (Å²) < 4.78 is 0. The van der Waals surface area contributed by atoms with E-state index in [9.17, 15) is 0 Å². The van der Waals surface area contributed by atoms with Crippen LogP contribution in [0.4, 0.5) is 0 Å². The molecule has 0 saturated carbocycles. The molecule has 0 amide bonds. The van der Waals surface area contributed by atoms with Crippen LogP contribution in [0.3, 0.4) is 0 Å². The highest BCUT2D eigenvalue weighted by Crippen LogP contribution is 2.34. The third kappa shape index (κ3) is 4.03. The second-order valence-electron chi connectivity index (χ2n) is 11.3. The summed E-state index contributed by atoms with van der Waals surface area (Å²) in [6.07, 6.45) is 6.37. The Morgan fingerprint density at radius 1 is 0.500 bits per heavy atom. The Kier molecular flexibility index (Phi) is 7.29. The summed E-state index contributed by atoms with van der Waals surface area (Å²) in [6, 6.07) is 33.2. The average Bonchev–Trinajstić information content (AvgIpc) is 2.96. The van der Waals surface area contributed by atoms with Gasteiger partial charge in [0.05, 0.1) is 16.1 Å². The molecule has 5 aromatic carbocycles. The maximum atomic E-state index is 6.37. The topological polar surface area (TPSA) is 0 Å². The number of rotatable bonds is 8. The molecule has 38 heavy (non-hydrogen) atoms. The van der Waals surface area contributed by atoms with Crippen LogP contribution >= 0.6 is 0 Å². The van der Waals surface area contributed by atoms with Gasteiger partial charge in [-0.2, -0.15) is 0 Å². The summed E-state index contributed by atoms with van der Waals surface area (Å²) in [5.74, 6) is 3.24. The first-order chi connectivity index (χ1) is 18.4. The quantitative estimate of drug-likeness (QED) is 0.106. The summed E-state index contributed by atoms with van der Waals surface area (Å²) in [5.41, 5.74) is 1.20. The SMILES string of the molecule is C#Cc1cc2cc3cc4cc5ccccc5cc4cc3cc2c([Si](CC)(CC)CC)c1[Si](CC)(CC)CC. The summed E-state index contributed by atoms with van der Waals surface area (Å²) in [4.78, 5) is 0. The van der Waals surface area contributed by atoms with E-state index in [4.69, 9.17) is 6.42 Å². The zero-order valence-electron chi connectivity index (χ0n) is 24.2. The predicted molar refractivity (Wildman–Crippen MR) is 178 cm³/mol. The monoisotopic (exact) mass is 530 g/mol. The van der Waals surface area contributed by atoms with Gasteiger partial charge in [-0.1, -0.05) is 113 Å². The fraction of sp³-hybridized carbons (Fsp3) is 0.333. The van der Waals surface area contributed by atoms with Gasteiger partial charge in [-0.25, -0.2) is 0 Å². The highest BCUT2D eigenvalue weighted by Gasteiger charge is 2.41. The molecule has 2 heteroatoms. The van der Waals surface area contributed by atoms with Crippen molar-refractivity contribution in [1.82, 2.24) is 0 Å². The maximum absolute atomic E-state index is 6.37. The number of terminal acetylenes is 1. The molecular formula is C36H42Si2. The van der Waals surface area contributed by atoms with Crippen molar-refractivity contribution in [1.29, 1.82) is 0 Å². The van der Waals surface area contributed by atoms with Crippen LogP contribution in [0.15, 0.2) is 66.7 Å². The fourth-order valence-electron chi connectivity index (χ4n) is 7.37. The van der Waals surface area contributed by atoms with E-state index in [1.807, 2.05) is 0 Å². The second kappa shape index (κ2) is 10.4. The minimum Gasteiger partial charge on any atom is -0.115 e. The van der Waals surface area contributed by atoms with Gasteiger partial charge in [0, 0.05) is 5.56 Å². The van der Waals surface area contributed by atoms with Gasteiger partial charge in [0.15, 0.2) is 0 Å². The first-order valence-electron chi connectivity index (χ1n) is 14.8. The lowest BCUT2D eigenvalue weighted by molar-refractivity contribution is 1.18. The summed E-state index contributed by atoms with van der Waals surface area (Å²) >= 11 is 0. The van der Waals surface area contributed by atoms with Crippen molar-refractivity contribution < 1.29 is 0 Å². The number of hydrogen-bond donors (Lipinski definition) is 0. The average molecular weight is 531 g/mol. The lowest BCUT2D eigenvalue weighted by Gasteiger charge is -2.40. The molecule has 5 rings (SSSR count). The van der Waals surface area contributed by atoms with E-state index in [2.05, 4.69) is 114 Å². The van der Waals surface area contributed by atoms with Crippen LogP contribution in [0, 0.1) is 12.3 Å². The second-order valence-corrected chi connectivity index (χ2v) is 21.7. The summed E-state index contributed by atoms with van der Waals surface area (Å²) in [6.45, 7) is 14.6. The molecule has 0 atom stereocenters. The van der Waals surface area contributed by atoms with Gasteiger partial charge in [0.1, 0.15) is 0 Å². The van der Waals surface area contributed by atoms with Crippen molar-refractivity contribution >= 4 is 69.6 Å². The van der Waals surface area contributed by atoms with Crippen LogP contribution in [-0.4, -0.2) is 16.1 Å². The molecule has 0 aromatic heterocycles. The zero-order valence-corrected chi connectivity index (χ0v) is 26.2.